The van der Waals surface area contributed by atoms with E-state index in [0.717, 1.165) is 70.6 Å². The number of hydrogen-bond donors (Lipinski definition) is 3. The van der Waals surface area contributed by atoms with Crippen LogP contribution < -0.4 is 5.32 Å². The molecule has 0 bridgehead atoms. The molecule has 0 aromatic heterocycles. The van der Waals surface area contributed by atoms with Crippen LogP contribution in [0.4, 0.5) is 0 Å². The van der Waals surface area contributed by atoms with Crippen molar-refractivity contribution in [2.75, 3.05) is 13.2 Å². The predicted octanol–water partition coefficient (Wildman–Crippen LogP) is 19.2. The van der Waals surface area contributed by atoms with Gasteiger partial charge in [0.1, 0.15) is 0 Å². The summed E-state index contributed by atoms with van der Waals surface area (Å²) in [6.07, 6.45) is 69.4. The third-order valence-electron chi connectivity index (χ3n) is 14.6. The Balaban J connectivity index is 3.48. The van der Waals surface area contributed by atoms with Crippen LogP contribution in [-0.4, -0.2) is 47.4 Å². The highest BCUT2D eigenvalue weighted by molar-refractivity contribution is 5.76. The molecular weight excluding hydrogens is 839 g/mol. The van der Waals surface area contributed by atoms with Crippen molar-refractivity contribution in [2.45, 2.75) is 360 Å². The van der Waals surface area contributed by atoms with Gasteiger partial charge in [-0.25, -0.2) is 0 Å². The number of amides is 1. The van der Waals surface area contributed by atoms with Crippen LogP contribution in [0.2, 0.25) is 0 Å². The van der Waals surface area contributed by atoms with E-state index in [4.69, 9.17) is 4.74 Å². The van der Waals surface area contributed by atoms with Gasteiger partial charge in [0, 0.05) is 12.8 Å². The van der Waals surface area contributed by atoms with Gasteiger partial charge in [-0.1, -0.05) is 302 Å². The third kappa shape index (κ3) is 53.9. The number of ether oxygens (including phenoxy) is 1. The number of esters is 1. The fourth-order valence-corrected chi connectivity index (χ4v) is 9.82. The molecule has 2 unspecified atom stereocenters. The van der Waals surface area contributed by atoms with Crippen LogP contribution in [0.3, 0.4) is 0 Å². The van der Waals surface area contributed by atoms with E-state index >= 15 is 0 Å². The summed E-state index contributed by atoms with van der Waals surface area (Å²) in [5.41, 5.74) is 0. The standard InChI is InChI=1S/C62H121NO5/c1-3-5-7-9-11-13-15-17-19-21-23-24-25-26-28-29-31-33-35-38-42-46-50-54-60(65)59(58-64)63-61(66)55-51-47-43-39-37-41-45-49-53-57-68-62(67)56-52-48-44-40-36-34-32-30-27-22-20-18-16-14-12-10-8-6-4-2/h39,43,59-60,64-65H,3-38,40-42,44-58H2,1-2H3,(H,63,66)/b43-39-. The van der Waals surface area contributed by atoms with Gasteiger partial charge in [0.25, 0.3) is 0 Å². The normalized spacial score (nSPS) is 12.6. The zero-order valence-corrected chi connectivity index (χ0v) is 46.1. The Hall–Kier alpha value is -1.40. The molecule has 0 rings (SSSR count). The molecule has 0 heterocycles. The molecule has 0 fully saturated rings. The van der Waals surface area contributed by atoms with E-state index in [9.17, 15) is 19.8 Å². The van der Waals surface area contributed by atoms with Crippen molar-refractivity contribution in [1.82, 2.24) is 5.32 Å². The smallest absolute Gasteiger partial charge is 0.305 e. The first-order chi connectivity index (χ1) is 33.5. The minimum absolute atomic E-state index is 0.0294. The highest BCUT2D eigenvalue weighted by Gasteiger charge is 2.20. The van der Waals surface area contributed by atoms with Gasteiger partial charge in [0.2, 0.25) is 5.91 Å². The SMILES string of the molecule is CCCCCCCCCCCCCCCCCCCCCCCCCC(O)C(CO)NC(=O)CCC/C=C\CCCCCCOC(=O)CCCCCCCCCCCCCCCCCCCCC. The molecule has 0 aromatic carbocycles. The molecule has 0 aromatic rings. The van der Waals surface area contributed by atoms with Gasteiger partial charge in [-0.05, 0) is 44.9 Å². The van der Waals surface area contributed by atoms with Crippen molar-refractivity contribution in [2.24, 2.45) is 0 Å². The van der Waals surface area contributed by atoms with Gasteiger partial charge in [0.05, 0.1) is 25.4 Å². The molecule has 0 aliphatic heterocycles. The molecule has 0 radical (unpaired) electrons. The van der Waals surface area contributed by atoms with E-state index in [-0.39, 0.29) is 18.5 Å². The lowest BCUT2D eigenvalue weighted by molar-refractivity contribution is -0.143. The number of allylic oxidation sites excluding steroid dienone is 2. The lowest BCUT2D eigenvalue weighted by Crippen LogP contribution is -2.45. The quantitative estimate of drug-likeness (QED) is 0.0321. The summed E-state index contributed by atoms with van der Waals surface area (Å²) in [7, 11) is 0. The van der Waals surface area contributed by atoms with Crippen LogP contribution in [0.5, 0.6) is 0 Å². The average molecular weight is 961 g/mol. The molecule has 6 heteroatoms. The Morgan fingerprint density at radius 2 is 0.706 bits per heavy atom. The number of carbonyl (C=O) groups excluding carboxylic acids is 2. The molecule has 0 saturated carbocycles. The number of unbranched alkanes of at least 4 members (excludes halogenated alkanes) is 45. The fourth-order valence-electron chi connectivity index (χ4n) is 9.82. The van der Waals surface area contributed by atoms with Crippen LogP contribution >= 0.6 is 0 Å². The van der Waals surface area contributed by atoms with Crippen molar-refractivity contribution < 1.29 is 24.5 Å². The summed E-state index contributed by atoms with van der Waals surface area (Å²) >= 11 is 0. The second kappa shape index (κ2) is 58.2. The number of nitrogens with one attached hydrogen (secondary N) is 1. The zero-order chi connectivity index (χ0) is 49.3. The number of rotatable bonds is 58. The molecule has 0 saturated heterocycles. The van der Waals surface area contributed by atoms with E-state index in [0.29, 0.717) is 25.9 Å². The van der Waals surface area contributed by atoms with Gasteiger partial charge in [-0.2, -0.15) is 0 Å². The Labute approximate surface area is 425 Å². The summed E-state index contributed by atoms with van der Waals surface area (Å²) in [4.78, 5) is 24.6. The number of aliphatic hydroxyl groups excluding tert-OH is 2. The van der Waals surface area contributed by atoms with Crippen molar-refractivity contribution >= 4 is 11.9 Å². The minimum atomic E-state index is -0.695. The summed E-state index contributed by atoms with van der Waals surface area (Å²) in [6.45, 7) is 4.90. The maximum absolute atomic E-state index is 12.5. The Bertz CT molecular complexity index is 1020. The summed E-state index contributed by atoms with van der Waals surface area (Å²) < 4.78 is 5.47. The monoisotopic (exact) mass is 960 g/mol. The first-order valence-electron chi connectivity index (χ1n) is 30.9. The molecule has 68 heavy (non-hydrogen) atoms. The molecule has 0 spiro atoms. The van der Waals surface area contributed by atoms with Gasteiger partial charge in [-0.15, -0.1) is 0 Å². The Morgan fingerprint density at radius 3 is 1.07 bits per heavy atom. The van der Waals surface area contributed by atoms with Crippen molar-refractivity contribution in [3.63, 3.8) is 0 Å². The van der Waals surface area contributed by atoms with Crippen LogP contribution in [-0.2, 0) is 14.3 Å². The highest BCUT2D eigenvalue weighted by atomic mass is 16.5. The second-order valence-corrected chi connectivity index (χ2v) is 21.4. The molecule has 1 amide bonds. The summed E-state index contributed by atoms with van der Waals surface area (Å²) in [5, 5.41) is 23.3. The van der Waals surface area contributed by atoms with Crippen LogP contribution in [0.25, 0.3) is 0 Å². The minimum Gasteiger partial charge on any atom is -0.466 e. The number of aliphatic hydroxyl groups is 2. The summed E-state index contributed by atoms with van der Waals surface area (Å²) in [6, 6.07) is -0.579. The van der Waals surface area contributed by atoms with Crippen LogP contribution in [0.1, 0.15) is 348 Å². The molecule has 2 atom stereocenters. The van der Waals surface area contributed by atoms with E-state index in [2.05, 4.69) is 31.3 Å². The zero-order valence-electron chi connectivity index (χ0n) is 46.1. The van der Waals surface area contributed by atoms with E-state index < -0.39 is 12.1 Å². The lowest BCUT2D eigenvalue weighted by atomic mass is 10.0. The fraction of sp³-hybridized carbons (Fsp3) is 0.935. The predicted molar refractivity (Wildman–Crippen MR) is 297 cm³/mol. The van der Waals surface area contributed by atoms with Crippen molar-refractivity contribution in [1.29, 1.82) is 0 Å². The molecule has 0 aliphatic carbocycles. The highest BCUT2D eigenvalue weighted by Crippen LogP contribution is 2.18. The molecule has 3 N–H and O–H groups in total. The van der Waals surface area contributed by atoms with Crippen LogP contribution in [0, 0.1) is 0 Å². The maximum atomic E-state index is 12.5. The Kier molecular flexibility index (Phi) is 57.0. The van der Waals surface area contributed by atoms with Gasteiger partial charge < -0.3 is 20.3 Å². The lowest BCUT2D eigenvalue weighted by Gasteiger charge is -2.22. The van der Waals surface area contributed by atoms with Gasteiger partial charge in [0.15, 0.2) is 0 Å². The summed E-state index contributed by atoms with van der Waals surface area (Å²) in [5.74, 6) is -0.120. The molecular formula is C62H121NO5. The molecule has 6 nitrogen and oxygen atoms in total. The van der Waals surface area contributed by atoms with Crippen molar-refractivity contribution in [3.05, 3.63) is 12.2 Å². The topological polar surface area (TPSA) is 95.9 Å². The van der Waals surface area contributed by atoms with E-state index in [1.54, 1.807) is 0 Å². The third-order valence-corrected chi connectivity index (χ3v) is 14.6. The largest absolute Gasteiger partial charge is 0.466 e. The molecule has 0 aliphatic rings. The Morgan fingerprint density at radius 1 is 0.397 bits per heavy atom. The second-order valence-electron chi connectivity index (χ2n) is 21.4. The van der Waals surface area contributed by atoms with Crippen LogP contribution in [0.15, 0.2) is 12.2 Å². The molecule has 404 valence electrons. The first kappa shape index (κ1) is 66.6. The first-order valence-corrected chi connectivity index (χ1v) is 30.9. The average Bonchev–Trinajstić information content (AvgIpc) is 3.34. The van der Waals surface area contributed by atoms with E-state index in [1.165, 1.54) is 244 Å². The number of carbonyl (C=O) groups is 2. The maximum Gasteiger partial charge on any atom is 0.305 e. The van der Waals surface area contributed by atoms with Crippen molar-refractivity contribution in [3.8, 4) is 0 Å². The van der Waals surface area contributed by atoms with Gasteiger partial charge >= 0.3 is 5.97 Å². The van der Waals surface area contributed by atoms with E-state index in [1.807, 2.05) is 0 Å². The number of hydrogen-bond acceptors (Lipinski definition) is 5. The van der Waals surface area contributed by atoms with Gasteiger partial charge in [-0.3, -0.25) is 9.59 Å².